The Hall–Kier alpha value is -0.790. The van der Waals surface area contributed by atoms with E-state index in [1.807, 2.05) is 0 Å². The first-order valence-corrected chi connectivity index (χ1v) is 6.57. The summed E-state index contributed by atoms with van der Waals surface area (Å²) in [6, 6.07) is 0.978. The molecule has 0 aliphatic heterocycles. The molecule has 1 N–H and O–H groups in total. The zero-order chi connectivity index (χ0) is 12.8. The van der Waals surface area contributed by atoms with Crippen molar-refractivity contribution >= 4 is 28.5 Å². The second-order valence-electron chi connectivity index (χ2n) is 3.40. The van der Waals surface area contributed by atoms with Crippen LogP contribution in [0.4, 0.5) is 13.2 Å². The number of halogens is 4. The highest BCUT2D eigenvalue weighted by molar-refractivity contribution is 14.1. The molecule has 0 radical (unpaired) electrons. The summed E-state index contributed by atoms with van der Waals surface area (Å²) in [4.78, 5) is 11.4. The zero-order valence-corrected chi connectivity index (χ0v) is 11.1. The smallest absolute Gasteiger partial charge is 0.257 e. The Kier molecular flexibility index (Phi) is 5.73. The van der Waals surface area contributed by atoms with Gasteiger partial charge in [0.2, 0.25) is 0 Å². The van der Waals surface area contributed by atoms with Gasteiger partial charge in [-0.25, -0.2) is 13.2 Å². The number of rotatable bonds is 5. The molecule has 0 aromatic heterocycles. The van der Waals surface area contributed by atoms with Gasteiger partial charge in [0.25, 0.3) is 5.91 Å². The van der Waals surface area contributed by atoms with E-state index in [9.17, 15) is 18.0 Å². The van der Waals surface area contributed by atoms with Gasteiger partial charge in [0.15, 0.2) is 0 Å². The van der Waals surface area contributed by atoms with Gasteiger partial charge in [0.05, 0.1) is 0 Å². The number of amides is 1. The topological polar surface area (TPSA) is 29.1 Å². The van der Waals surface area contributed by atoms with E-state index in [1.165, 1.54) is 0 Å². The summed E-state index contributed by atoms with van der Waals surface area (Å²) in [5.41, 5.74) is -0.735. The number of hydrogen-bond acceptors (Lipinski definition) is 1. The molecule has 0 saturated carbocycles. The van der Waals surface area contributed by atoms with Gasteiger partial charge in [0.1, 0.15) is 23.0 Å². The number of alkyl halides is 1. The highest BCUT2D eigenvalue weighted by Gasteiger charge is 2.18. The van der Waals surface area contributed by atoms with Crippen molar-refractivity contribution in [3.63, 3.8) is 0 Å². The van der Waals surface area contributed by atoms with Gasteiger partial charge in [-0.05, 0) is 17.3 Å². The molecular formula is C11H11F3INO. The van der Waals surface area contributed by atoms with Crippen LogP contribution in [0.2, 0.25) is 0 Å². The fourth-order valence-electron chi connectivity index (χ4n) is 1.27. The molecule has 0 aliphatic rings. The van der Waals surface area contributed by atoms with Crippen molar-refractivity contribution in [2.45, 2.75) is 12.8 Å². The maximum Gasteiger partial charge on any atom is 0.257 e. The first kappa shape index (κ1) is 14.3. The summed E-state index contributed by atoms with van der Waals surface area (Å²) >= 11 is 2.20. The van der Waals surface area contributed by atoms with Gasteiger partial charge < -0.3 is 5.32 Å². The number of carbonyl (C=O) groups excluding carboxylic acids is 1. The molecule has 1 rings (SSSR count). The van der Waals surface area contributed by atoms with Crippen molar-refractivity contribution in [2.75, 3.05) is 11.0 Å². The molecule has 0 atom stereocenters. The first-order valence-electron chi connectivity index (χ1n) is 5.05. The van der Waals surface area contributed by atoms with E-state index < -0.39 is 28.9 Å². The number of hydrogen-bond donors (Lipinski definition) is 1. The molecule has 0 unspecified atom stereocenters. The van der Waals surface area contributed by atoms with Crippen LogP contribution < -0.4 is 5.32 Å². The Labute approximate surface area is 111 Å². The average molecular weight is 357 g/mol. The molecule has 17 heavy (non-hydrogen) atoms. The van der Waals surface area contributed by atoms with E-state index in [0.717, 1.165) is 17.3 Å². The lowest BCUT2D eigenvalue weighted by Gasteiger charge is -2.06. The van der Waals surface area contributed by atoms with Crippen LogP contribution in [0.15, 0.2) is 12.1 Å². The SMILES string of the molecule is O=C(NCCCCI)c1c(F)cc(F)cc1F. The minimum absolute atomic E-state index is 0.345. The summed E-state index contributed by atoms with van der Waals surface area (Å²) in [6.07, 6.45) is 1.65. The Morgan fingerprint density at radius 3 is 2.29 bits per heavy atom. The van der Waals surface area contributed by atoms with Gasteiger partial charge in [0, 0.05) is 18.7 Å². The number of carbonyl (C=O) groups is 1. The predicted molar refractivity (Wildman–Crippen MR) is 66.8 cm³/mol. The van der Waals surface area contributed by atoms with Crippen LogP contribution in [-0.2, 0) is 0 Å². The molecule has 0 fully saturated rings. The molecule has 0 heterocycles. The van der Waals surface area contributed by atoms with Crippen molar-refractivity contribution in [3.05, 3.63) is 35.1 Å². The van der Waals surface area contributed by atoms with Crippen molar-refractivity contribution in [1.82, 2.24) is 5.32 Å². The number of unbranched alkanes of at least 4 members (excludes halogenated alkanes) is 1. The van der Waals surface area contributed by atoms with Gasteiger partial charge >= 0.3 is 0 Å². The Morgan fingerprint density at radius 2 is 1.76 bits per heavy atom. The van der Waals surface area contributed by atoms with Gasteiger partial charge in [-0.2, -0.15) is 0 Å². The van der Waals surface area contributed by atoms with Crippen LogP contribution in [0.25, 0.3) is 0 Å². The van der Waals surface area contributed by atoms with Crippen molar-refractivity contribution in [1.29, 1.82) is 0 Å². The lowest BCUT2D eigenvalue weighted by atomic mass is 10.1. The van der Waals surface area contributed by atoms with Crippen LogP contribution in [0.1, 0.15) is 23.2 Å². The zero-order valence-electron chi connectivity index (χ0n) is 8.90. The summed E-state index contributed by atoms with van der Waals surface area (Å²) in [5, 5.41) is 2.39. The van der Waals surface area contributed by atoms with Crippen LogP contribution >= 0.6 is 22.6 Å². The second kappa shape index (κ2) is 6.83. The Morgan fingerprint density at radius 1 is 1.18 bits per heavy atom. The van der Waals surface area contributed by atoms with E-state index in [1.54, 1.807) is 0 Å². The van der Waals surface area contributed by atoms with Crippen LogP contribution in [0, 0.1) is 17.5 Å². The maximum absolute atomic E-state index is 13.2. The molecule has 0 bridgehead atoms. The average Bonchev–Trinajstić information content (AvgIpc) is 2.23. The third kappa shape index (κ3) is 4.18. The van der Waals surface area contributed by atoms with Gasteiger partial charge in [-0.15, -0.1) is 0 Å². The maximum atomic E-state index is 13.2. The Bertz CT molecular complexity index is 389. The van der Waals surface area contributed by atoms with Crippen molar-refractivity contribution in [3.8, 4) is 0 Å². The van der Waals surface area contributed by atoms with Crippen LogP contribution in [0.5, 0.6) is 0 Å². The minimum Gasteiger partial charge on any atom is -0.352 e. The van der Waals surface area contributed by atoms with Crippen LogP contribution in [0.3, 0.4) is 0 Å². The normalized spacial score (nSPS) is 10.4. The fourth-order valence-corrected chi connectivity index (χ4v) is 1.81. The molecule has 6 heteroatoms. The van der Waals surface area contributed by atoms with E-state index in [-0.39, 0.29) is 0 Å². The van der Waals surface area contributed by atoms with E-state index >= 15 is 0 Å². The molecule has 94 valence electrons. The highest BCUT2D eigenvalue weighted by atomic mass is 127. The van der Waals surface area contributed by atoms with E-state index in [0.29, 0.717) is 18.7 Å². The van der Waals surface area contributed by atoms with Gasteiger partial charge in [-0.3, -0.25) is 4.79 Å². The quantitative estimate of drug-likeness (QED) is 0.490. The molecule has 1 aromatic carbocycles. The number of nitrogens with one attached hydrogen (secondary N) is 1. The summed E-state index contributed by atoms with van der Waals surface area (Å²) in [6.45, 7) is 0.345. The fraction of sp³-hybridized carbons (Fsp3) is 0.364. The molecule has 0 saturated heterocycles. The summed E-state index contributed by atoms with van der Waals surface area (Å²) < 4.78 is 40.0. The number of benzene rings is 1. The Balaban J connectivity index is 2.69. The minimum atomic E-state index is -1.19. The molecule has 1 aromatic rings. The van der Waals surface area contributed by atoms with Crippen molar-refractivity contribution < 1.29 is 18.0 Å². The lowest BCUT2D eigenvalue weighted by molar-refractivity contribution is 0.0944. The predicted octanol–water partition coefficient (Wildman–Crippen LogP) is 3.05. The standard InChI is InChI=1S/C11H11F3INO/c12-7-5-8(13)10(9(14)6-7)11(17)16-4-2-1-3-15/h5-6H,1-4H2,(H,16,17). The van der Waals surface area contributed by atoms with Gasteiger partial charge in [-0.1, -0.05) is 22.6 Å². The second-order valence-corrected chi connectivity index (χ2v) is 4.48. The van der Waals surface area contributed by atoms with Crippen LogP contribution in [-0.4, -0.2) is 16.9 Å². The molecule has 0 spiro atoms. The third-order valence-electron chi connectivity index (χ3n) is 2.08. The molecule has 1 amide bonds. The lowest BCUT2D eigenvalue weighted by Crippen LogP contribution is -2.26. The van der Waals surface area contributed by atoms with Crippen molar-refractivity contribution in [2.24, 2.45) is 0 Å². The molecule has 0 aliphatic carbocycles. The monoisotopic (exact) mass is 357 g/mol. The molecular weight excluding hydrogens is 346 g/mol. The largest absolute Gasteiger partial charge is 0.352 e. The summed E-state index contributed by atoms with van der Waals surface area (Å²) in [7, 11) is 0. The first-order chi connectivity index (χ1) is 8.06. The van der Waals surface area contributed by atoms with E-state index in [4.69, 9.17) is 0 Å². The van der Waals surface area contributed by atoms with E-state index in [2.05, 4.69) is 27.9 Å². The summed E-state index contributed by atoms with van der Waals surface area (Å²) in [5.74, 6) is -4.27. The highest BCUT2D eigenvalue weighted by Crippen LogP contribution is 2.14. The third-order valence-corrected chi connectivity index (χ3v) is 2.84. The molecule has 2 nitrogen and oxygen atoms in total.